The fraction of sp³-hybridized carbons (Fsp3) is 0.238. The van der Waals surface area contributed by atoms with Gasteiger partial charge in [0.25, 0.3) is 0 Å². The molecule has 0 amide bonds. The first-order valence-corrected chi connectivity index (χ1v) is 9.28. The van der Waals surface area contributed by atoms with E-state index in [4.69, 9.17) is 5.73 Å². The minimum absolute atomic E-state index is 0.0368. The van der Waals surface area contributed by atoms with Crippen molar-refractivity contribution >= 4 is 5.82 Å². The first-order valence-electron chi connectivity index (χ1n) is 9.28. The molecule has 3 aromatic rings. The Bertz CT molecular complexity index is 1010. The Morgan fingerprint density at radius 1 is 1.13 bits per heavy atom. The molecule has 158 valence electrons. The van der Waals surface area contributed by atoms with E-state index in [0.29, 0.717) is 17.9 Å². The summed E-state index contributed by atoms with van der Waals surface area (Å²) in [5.41, 5.74) is 6.81. The fourth-order valence-electron chi connectivity index (χ4n) is 2.77. The Labute approximate surface area is 171 Å². The van der Waals surface area contributed by atoms with Crippen LogP contribution in [-0.2, 0) is 0 Å². The van der Waals surface area contributed by atoms with Gasteiger partial charge in [-0.1, -0.05) is 31.2 Å². The number of hydrogen-bond acceptors (Lipinski definition) is 6. The number of alkyl halides is 3. The summed E-state index contributed by atoms with van der Waals surface area (Å²) < 4.78 is 42.4. The third-order valence-corrected chi connectivity index (χ3v) is 4.39. The van der Waals surface area contributed by atoms with Crippen LogP contribution in [0.1, 0.15) is 13.3 Å². The predicted molar refractivity (Wildman–Crippen MR) is 108 cm³/mol. The van der Waals surface area contributed by atoms with Gasteiger partial charge < -0.3 is 20.9 Å². The van der Waals surface area contributed by atoms with E-state index in [9.17, 15) is 18.3 Å². The molecule has 6 nitrogen and oxygen atoms in total. The molecule has 0 aliphatic carbocycles. The molecule has 2 aromatic carbocycles. The van der Waals surface area contributed by atoms with Crippen LogP contribution in [0.15, 0.2) is 54.7 Å². The maximum atomic E-state index is 12.7. The van der Waals surface area contributed by atoms with Crippen LogP contribution in [0, 0.1) is 0 Å². The zero-order valence-corrected chi connectivity index (χ0v) is 16.1. The first kappa shape index (κ1) is 21.4. The van der Waals surface area contributed by atoms with Crippen LogP contribution in [0.25, 0.3) is 22.5 Å². The van der Waals surface area contributed by atoms with E-state index in [0.717, 1.165) is 6.42 Å². The average molecular weight is 418 g/mol. The number of aromatic hydroxyl groups is 1. The lowest BCUT2D eigenvalue weighted by Gasteiger charge is -2.14. The molecular formula is C21H21F3N4O2. The molecule has 0 radical (unpaired) electrons. The molecular weight excluding hydrogens is 397 g/mol. The van der Waals surface area contributed by atoms with Crippen LogP contribution in [0.3, 0.4) is 0 Å². The van der Waals surface area contributed by atoms with Crippen LogP contribution in [-0.4, -0.2) is 34.0 Å². The molecule has 30 heavy (non-hydrogen) atoms. The van der Waals surface area contributed by atoms with Gasteiger partial charge in [-0.2, -0.15) is 0 Å². The summed E-state index contributed by atoms with van der Waals surface area (Å²) in [5, 5.41) is 13.4. The van der Waals surface area contributed by atoms with E-state index in [1.807, 2.05) is 6.92 Å². The van der Waals surface area contributed by atoms with Crippen LogP contribution >= 0.6 is 0 Å². The van der Waals surface area contributed by atoms with Gasteiger partial charge in [-0.3, -0.25) is 0 Å². The summed E-state index contributed by atoms with van der Waals surface area (Å²) >= 11 is 0. The number of nitrogens with two attached hydrogens (primary N) is 1. The third kappa shape index (κ3) is 5.38. The number of nitrogens with zero attached hydrogens (tertiary/aromatic N) is 2. The normalized spacial score (nSPS) is 12.4. The average Bonchev–Trinajstić information content (AvgIpc) is 2.72. The summed E-state index contributed by atoms with van der Waals surface area (Å²) in [5.74, 6) is 0.301. The van der Waals surface area contributed by atoms with E-state index < -0.39 is 6.36 Å². The quantitative estimate of drug-likeness (QED) is 0.521. The molecule has 3 rings (SSSR count). The molecule has 1 aromatic heterocycles. The highest BCUT2D eigenvalue weighted by atomic mass is 19.4. The van der Waals surface area contributed by atoms with Crippen molar-refractivity contribution in [3.63, 3.8) is 0 Å². The van der Waals surface area contributed by atoms with E-state index in [-0.39, 0.29) is 34.5 Å². The van der Waals surface area contributed by atoms with Gasteiger partial charge in [0, 0.05) is 24.3 Å². The van der Waals surface area contributed by atoms with Crippen molar-refractivity contribution in [1.29, 1.82) is 0 Å². The zero-order chi connectivity index (χ0) is 21.7. The van der Waals surface area contributed by atoms with Crippen LogP contribution in [0.5, 0.6) is 11.5 Å². The van der Waals surface area contributed by atoms with Crippen molar-refractivity contribution in [3.8, 4) is 34.0 Å². The number of halogens is 3. The van der Waals surface area contributed by atoms with Crippen molar-refractivity contribution in [2.24, 2.45) is 5.73 Å². The lowest BCUT2D eigenvalue weighted by molar-refractivity contribution is -0.274. The minimum atomic E-state index is -4.82. The number of nitrogens with one attached hydrogen (secondary N) is 1. The summed E-state index contributed by atoms with van der Waals surface area (Å²) in [4.78, 5) is 8.56. The Morgan fingerprint density at radius 3 is 2.63 bits per heavy atom. The van der Waals surface area contributed by atoms with Gasteiger partial charge in [-0.25, -0.2) is 9.97 Å². The summed E-state index contributed by atoms with van der Waals surface area (Å²) in [7, 11) is 0. The molecule has 9 heteroatoms. The zero-order valence-electron chi connectivity index (χ0n) is 16.1. The number of anilines is 1. The summed E-state index contributed by atoms with van der Waals surface area (Å²) in [6.45, 7) is 2.49. The maximum Gasteiger partial charge on any atom is 0.573 e. The molecule has 0 spiro atoms. The molecule has 1 unspecified atom stereocenters. The van der Waals surface area contributed by atoms with E-state index in [2.05, 4.69) is 20.0 Å². The van der Waals surface area contributed by atoms with Gasteiger partial charge in [0.2, 0.25) is 0 Å². The topological polar surface area (TPSA) is 93.3 Å². The fourth-order valence-corrected chi connectivity index (χ4v) is 2.77. The second-order valence-electron chi connectivity index (χ2n) is 6.59. The molecule has 0 saturated heterocycles. The van der Waals surface area contributed by atoms with Crippen molar-refractivity contribution in [1.82, 2.24) is 9.97 Å². The summed E-state index contributed by atoms with van der Waals surface area (Å²) in [6, 6.07) is 11.8. The standard InChI is InChI=1S/C21H21F3N4O2/c1-2-14(25)12-27-19-9-10-26-20(28-19)16-11-13(7-8-17(16)29)15-5-3-4-6-18(15)30-21(22,23)24/h3-11,14,29H,2,12,25H2,1H3,(H,26,27,28). The summed E-state index contributed by atoms with van der Waals surface area (Å²) in [6.07, 6.45) is -2.50. The Morgan fingerprint density at radius 2 is 1.90 bits per heavy atom. The van der Waals surface area contributed by atoms with E-state index in [1.165, 1.54) is 42.6 Å². The molecule has 0 aliphatic rings. The largest absolute Gasteiger partial charge is 0.573 e. The Kier molecular flexibility index (Phi) is 6.41. The van der Waals surface area contributed by atoms with Gasteiger partial charge in [0.1, 0.15) is 17.3 Å². The monoisotopic (exact) mass is 418 g/mol. The van der Waals surface area contributed by atoms with Crippen molar-refractivity contribution in [2.45, 2.75) is 25.7 Å². The van der Waals surface area contributed by atoms with Gasteiger partial charge in [-0.05, 0) is 36.2 Å². The van der Waals surface area contributed by atoms with Gasteiger partial charge >= 0.3 is 6.36 Å². The Hall–Kier alpha value is -3.33. The molecule has 0 aliphatic heterocycles. The number of phenols is 1. The second kappa shape index (κ2) is 9.00. The number of phenolic OH excluding ortho intramolecular Hbond substituents is 1. The van der Waals surface area contributed by atoms with Crippen LogP contribution in [0.2, 0.25) is 0 Å². The molecule has 0 bridgehead atoms. The SMILES string of the molecule is CCC(N)CNc1ccnc(-c2cc(-c3ccccc3OC(F)(F)F)ccc2O)n1. The maximum absolute atomic E-state index is 12.7. The van der Waals surface area contributed by atoms with Crippen LogP contribution < -0.4 is 15.8 Å². The highest BCUT2D eigenvalue weighted by Gasteiger charge is 2.32. The molecule has 1 atom stereocenters. The second-order valence-corrected chi connectivity index (χ2v) is 6.59. The number of aromatic nitrogens is 2. The van der Waals surface area contributed by atoms with Crippen molar-refractivity contribution in [2.75, 3.05) is 11.9 Å². The van der Waals surface area contributed by atoms with Gasteiger partial charge in [0.05, 0.1) is 5.56 Å². The molecule has 4 N–H and O–H groups in total. The molecule has 0 fully saturated rings. The van der Waals surface area contributed by atoms with E-state index in [1.54, 1.807) is 12.1 Å². The highest BCUT2D eigenvalue weighted by molar-refractivity contribution is 5.77. The first-order chi connectivity index (χ1) is 14.3. The van der Waals surface area contributed by atoms with Crippen molar-refractivity contribution in [3.05, 3.63) is 54.7 Å². The van der Waals surface area contributed by atoms with Gasteiger partial charge in [0.15, 0.2) is 5.82 Å². The smallest absolute Gasteiger partial charge is 0.507 e. The third-order valence-electron chi connectivity index (χ3n) is 4.39. The van der Waals surface area contributed by atoms with E-state index >= 15 is 0 Å². The lowest BCUT2D eigenvalue weighted by Crippen LogP contribution is -2.28. The number of para-hydroxylation sites is 1. The lowest BCUT2D eigenvalue weighted by atomic mass is 10.0. The number of ether oxygens (including phenoxy) is 1. The number of rotatable bonds is 7. The number of benzene rings is 2. The van der Waals surface area contributed by atoms with Crippen LogP contribution in [0.4, 0.5) is 19.0 Å². The minimum Gasteiger partial charge on any atom is -0.507 e. The predicted octanol–water partition coefficient (Wildman–Crippen LogP) is 4.56. The van der Waals surface area contributed by atoms with Crippen molar-refractivity contribution < 1.29 is 23.0 Å². The Balaban J connectivity index is 1.96. The van der Waals surface area contributed by atoms with Gasteiger partial charge in [-0.15, -0.1) is 13.2 Å². The number of hydrogen-bond donors (Lipinski definition) is 3. The molecule has 0 saturated carbocycles. The molecule has 1 heterocycles. The highest BCUT2D eigenvalue weighted by Crippen LogP contribution is 2.37.